The Morgan fingerprint density at radius 3 is 2.80 bits per heavy atom. The van der Waals surface area contributed by atoms with E-state index in [2.05, 4.69) is 35.2 Å². The second-order valence-corrected chi connectivity index (χ2v) is 4.82. The number of aromatic amines is 1. The standard InChI is InChI=1S/C16H21N3O/c1-3-5-9-13-11-15(20)19-16(17-13)18-14-10-7-6-8-12(14)4-2/h6-8,10-11H,3-5,9H2,1-2H3,(H2,17,18,19,20). The van der Waals surface area contributed by atoms with Gasteiger partial charge in [-0.25, -0.2) is 4.98 Å². The minimum atomic E-state index is -0.109. The summed E-state index contributed by atoms with van der Waals surface area (Å²) < 4.78 is 0. The maximum Gasteiger partial charge on any atom is 0.252 e. The predicted octanol–water partition coefficient (Wildman–Crippen LogP) is 3.42. The molecule has 2 aromatic rings. The Hall–Kier alpha value is -2.10. The van der Waals surface area contributed by atoms with Crippen LogP contribution in [0.2, 0.25) is 0 Å². The molecule has 4 heteroatoms. The topological polar surface area (TPSA) is 57.8 Å². The second kappa shape index (κ2) is 6.89. The molecule has 2 rings (SSSR count). The highest BCUT2D eigenvalue weighted by Gasteiger charge is 2.04. The van der Waals surface area contributed by atoms with Crippen LogP contribution in [0.3, 0.4) is 0 Å². The van der Waals surface area contributed by atoms with Crippen molar-refractivity contribution in [3.05, 3.63) is 51.9 Å². The Labute approximate surface area is 119 Å². The van der Waals surface area contributed by atoms with Gasteiger partial charge in [-0.3, -0.25) is 9.78 Å². The fourth-order valence-corrected chi connectivity index (χ4v) is 2.13. The van der Waals surface area contributed by atoms with Gasteiger partial charge in [-0.2, -0.15) is 0 Å². The van der Waals surface area contributed by atoms with E-state index in [1.165, 1.54) is 5.56 Å². The monoisotopic (exact) mass is 271 g/mol. The van der Waals surface area contributed by atoms with Crippen molar-refractivity contribution in [1.29, 1.82) is 0 Å². The van der Waals surface area contributed by atoms with Crippen LogP contribution in [0.5, 0.6) is 0 Å². The summed E-state index contributed by atoms with van der Waals surface area (Å²) in [5.74, 6) is 0.518. The second-order valence-electron chi connectivity index (χ2n) is 4.82. The molecule has 20 heavy (non-hydrogen) atoms. The third kappa shape index (κ3) is 3.70. The van der Waals surface area contributed by atoms with E-state index >= 15 is 0 Å². The molecule has 1 aromatic heterocycles. The highest BCUT2D eigenvalue weighted by molar-refractivity contribution is 5.58. The van der Waals surface area contributed by atoms with Gasteiger partial charge in [-0.1, -0.05) is 38.5 Å². The number of aromatic nitrogens is 2. The number of hydrogen-bond donors (Lipinski definition) is 2. The summed E-state index contributed by atoms with van der Waals surface area (Å²) in [6.07, 6.45) is 3.91. The first-order valence-corrected chi connectivity index (χ1v) is 7.18. The van der Waals surface area contributed by atoms with Crippen molar-refractivity contribution >= 4 is 11.6 Å². The van der Waals surface area contributed by atoms with Crippen molar-refractivity contribution in [2.24, 2.45) is 0 Å². The van der Waals surface area contributed by atoms with Crippen LogP contribution in [0.1, 0.15) is 37.9 Å². The van der Waals surface area contributed by atoms with Gasteiger partial charge >= 0.3 is 0 Å². The lowest BCUT2D eigenvalue weighted by molar-refractivity contribution is 0.772. The van der Waals surface area contributed by atoms with Crippen LogP contribution < -0.4 is 10.9 Å². The van der Waals surface area contributed by atoms with E-state index in [9.17, 15) is 4.79 Å². The lowest BCUT2D eigenvalue weighted by Gasteiger charge is -2.10. The molecule has 106 valence electrons. The maximum absolute atomic E-state index is 11.7. The van der Waals surface area contributed by atoms with Crippen LogP contribution in [0, 0.1) is 0 Å². The first kappa shape index (κ1) is 14.3. The molecule has 0 bridgehead atoms. The predicted molar refractivity (Wildman–Crippen MR) is 82.6 cm³/mol. The molecule has 0 aliphatic heterocycles. The van der Waals surface area contributed by atoms with Gasteiger partial charge in [0.15, 0.2) is 0 Å². The minimum Gasteiger partial charge on any atom is -0.325 e. The van der Waals surface area contributed by atoms with Gasteiger partial charge in [0, 0.05) is 17.4 Å². The molecule has 0 amide bonds. The molecule has 4 nitrogen and oxygen atoms in total. The maximum atomic E-state index is 11.7. The lowest BCUT2D eigenvalue weighted by atomic mass is 10.1. The molecule has 1 aromatic carbocycles. The summed E-state index contributed by atoms with van der Waals surface area (Å²) in [6.45, 7) is 4.23. The molecule has 0 atom stereocenters. The third-order valence-electron chi connectivity index (χ3n) is 3.23. The highest BCUT2D eigenvalue weighted by atomic mass is 16.1. The van der Waals surface area contributed by atoms with E-state index in [0.717, 1.165) is 37.1 Å². The van der Waals surface area contributed by atoms with Gasteiger partial charge in [0.25, 0.3) is 5.56 Å². The van der Waals surface area contributed by atoms with Crippen LogP contribution in [0.4, 0.5) is 11.6 Å². The minimum absolute atomic E-state index is 0.109. The zero-order chi connectivity index (χ0) is 14.4. The molecule has 0 spiro atoms. The summed E-state index contributed by atoms with van der Waals surface area (Å²) in [4.78, 5) is 18.9. The van der Waals surface area contributed by atoms with Crippen molar-refractivity contribution < 1.29 is 0 Å². The molecule has 0 radical (unpaired) electrons. The number of aryl methyl sites for hydroxylation is 2. The molecule has 0 aliphatic rings. The molecular formula is C16H21N3O. The van der Waals surface area contributed by atoms with E-state index in [1.807, 2.05) is 18.2 Å². The number of nitrogens with one attached hydrogen (secondary N) is 2. The van der Waals surface area contributed by atoms with Crippen molar-refractivity contribution in [1.82, 2.24) is 9.97 Å². The van der Waals surface area contributed by atoms with Crippen LogP contribution in [-0.2, 0) is 12.8 Å². The highest BCUT2D eigenvalue weighted by Crippen LogP contribution is 2.18. The molecular weight excluding hydrogens is 250 g/mol. The SMILES string of the molecule is CCCCc1cc(=O)[nH]c(Nc2ccccc2CC)n1. The van der Waals surface area contributed by atoms with Crippen LogP contribution in [0.15, 0.2) is 35.1 Å². The third-order valence-corrected chi connectivity index (χ3v) is 3.23. The van der Waals surface area contributed by atoms with E-state index in [1.54, 1.807) is 6.07 Å². The molecule has 0 saturated heterocycles. The number of para-hydroxylation sites is 1. The Morgan fingerprint density at radius 1 is 1.25 bits per heavy atom. The zero-order valence-corrected chi connectivity index (χ0v) is 12.1. The normalized spacial score (nSPS) is 10.5. The summed E-state index contributed by atoms with van der Waals surface area (Å²) >= 11 is 0. The molecule has 0 aliphatic carbocycles. The number of H-pyrrole nitrogens is 1. The summed E-state index contributed by atoms with van der Waals surface area (Å²) in [5, 5.41) is 3.21. The Balaban J connectivity index is 2.24. The Morgan fingerprint density at radius 2 is 2.05 bits per heavy atom. The fraction of sp³-hybridized carbons (Fsp3) is 0.375. The summed E-state index contributed by atoms with van der Waals surface area (Å²) in [5.41, 5.74) is 2.93. The first-order chi connectivity index (χ1) is 9.72. The van der Waals surface area contributed by atoms with Gasteiger partial charge in [-0.15, -0.1) is 0 Å². The molecule has 0 saturated carbocycles. The zero-order valence-electron chi connectivity index (χ0n) is 12.1. The Kier molecular flexibility index (Phi) is 4.93. The molecule has 2 N–H and O–H groups in total. The van der Waals surface area contributed by atoms with Gasteiger partial charge in [-0.05, 0) is 30.9 Å². The lowest BCUT2D eigenvalue weighted by Crippen LogP contribution is -2.12. The number of hydrogen-bond acceptors (Lipinski definition) is 3. The average Bonchev–Trinajstić information content (AvgIpc) is 2.45. The fourth-order valence-electron chi connectivity index (χ4n) is 2.13. The van der Waals surface area contributed by atoms with Crippen LogP contribution in [-0.4, -0.2) is 9.97 Å². The number of nitrogens with zero attached hydrogens (tertiary/aromatic N) is 1. The Bertz CT molecular complexity index is 619. The van der Waals surface area contributed by atoms with Crippen molar-refractivity contribution in [2.75, 3.05) is 5.32 Å². The quantitative estimate of drug-likeness (QED) is 0.846. The number of anilines is 2. The molecule has 1 heterocycles. The van der Waals surface area contributed by atoms with E-state index < -0.39 is 0 Å². The number of unbranched alkanes of at least 4 members (excludes halogenated alkanes) is 1. The summed E-state index contributed by atoms with van der Waals surface area (Å²) in [6, 6.07) is 9.63. The van der Waals surface area contributed by atoms with Gasteiger partial charge in [0.05, 0.1) is 0 Å². The van der Waals surface area contributed by atoms with E-state index in [4.69, 9.17) is 0 Å². The molecule has 0 fully saturated rings. The van der Waals surface area contributed by atoms with E-state index in [0.29, 0.717) is 5.95 Å². The van der Waals surface area contributed by atoms with Crippen molar-refractivity contribution in [2.45, 2.75) is 39.5 Å². The van der Waals surface area contributed by atoms with Gasteiger partial charge < -0.3 is 5.32 Å². The number of benzene rings is 1. The van der Waals surface area contributed by atoms with Crippen LogP contribution in [0.25, 0.3) is 0 Å². The van der Waals surface area contributed by atoms with E-state index in [-0.39, 0.29) is 5.56 Å². The van der Waals surface area contributed by atoms with Crippen LogP contribution >= 0.6 is 0 Å². The van der Waals surface area contributed by atoms with Crippen molar-refractivity contribution in [3.8, 4) is 0 Å². The first-order valence-electron chi connectivity index (χ1n) is 7.18. The molecule has 0 unspecified atom stereocenters. The largest absolute Gasteiger partial charge is 0.325 e. The summed E-state index contributed by atoms with van der Waals surface area (Å²) in [7, 11) is 0. The van der Waals surface area contributed by atoms with Gasteiger partial charge in [0.2, 0.25) is 5.95 Å². The average molecular weight is 271 g/mol. The number of rotatable bonds is 6. The van der Waals surface area contributed by atoms with Crippen molar-refractivity contribution in [3.63, 3.8) is 0 Å². The van der Waals surface area contributed by atoms with Gasteiger partial charge in [0.1, 0.15) is 0 Å². The smallest absolute Gasteiger partial charge is 0.252 e.